The van der Waals surface area contributed by atoms with Crippen LogP contribution >= 0.6 is 0 Å². The molecule has 39 heavy (non-hydrogen) atoms. The van der Waals surface area contributed by atoms with Gasteiger partial charge in [0.25, 0.3) is 0 Å². The van der Waals surface area contributed by atoms with Crippen molar-refractivity contribution in [3.8, 4) is 11.5 Å². The molecule has 0 bridgehead atoms. The molecule has 208 valence electrons. The number of pyridine rings is 1. The lowest BCUT2D eigenvalue weighted by molar-refractivity contribution is 0.0617. The highest BCUT2D eigenvalue weighted by molar-refractivity contribution is 5.87. The van der Waals surface area contributed by atoms with Gasteiger partial charge in [-0.05, 0) is 68.1 Å². The summed E-state index contributed by atoms with van der Waals surface area (Å²) in [4.78, 5) is 23.5. The first-order chi connectivity index (χ1) is 18.7. The first-order valence-electron chi connectivity index (χ1n) is 13.6. The van der Waals surface area contributed by atoms with Crippen molar-refractivity contribution >= 4 is 16.9 Å². The number of ether oxygens (including phenoxy) is 2. The molecule has 2 N–H and O–H groups in total. The summed E-state index contributed by atoms with van der Waals surface area (Å²) in [7, 11) is 3.31. The molecular formula is C31H40N4O4. The standard InChI is InChI=1S/C31H40N4O4/c1-6-7-8-9-24-18-27-28(33-30(36)35(27)21-31(2,3)37)29(32-24)34(19-22-10-14-25(38-4)15-11-22)20-23-12-16-26(39-5)17-13-23/h10-18,37H,6-9,19-21H2,1-5H3,(H,33,36). The zero-order chi connectivity index (χ0) is 28.0. The number of aromatic nitrogens is 3. The summed E-state index contributed by atoms with van der Waals surface area (Å²) in [6.07, 6.45) is 4.06. The highest BCUT2D eigenvalue weighted by atomic mass is 16.5. The van der Waals surface area contributed by atoms with E-state index in [0.717, 1.165) is 65.3 Å². The number of methoxy groups -OCH3 is 2. The Balaban J connectivity index is 1.84. The third kappa shape index (κ3) is 7.20. The van der Waals surface area contributed by atoms with Crippen LogP contribution in [0.3, 0.4) is 0 Å². The van der Waals surface area contributed by atoms with Crippen molar-refractivity contribution in [2.24, 2.45) is 0 Å². The maximum Gasteiger partial charge on any atom is 0.326 e. The van der Waals surface area contributed by atoms with Crippen molar-refractivity contribution in [3.05, 3.63) is 81.9 Å². The van der Waals surface area contributed by atoms with Crippen LogP contribution in [0.25, 0.3) is 11.0 Å². The number of H-pyrrole nitrogens is 1. The topological polar surface area (TPSA) is 92.6 Å². The fourth-order valence-corrected chi connectivity index (χ4v) is 4.75. The van der Waals surface area contributed by atoms with Crippen LogP contribution < -0.4 is 20.1 Å². The average Bonchev–Trinajstić information content (AvgIpc) is 3.22. The monoisotopic (exact) mass is 532 g/mol. The highest BCUT2D eigenvalue weighted by Crippen LogP contribution is 2.29. The van der Waals surface area contributed by atoms with Gasteiger partial charge in [0.15, 0.2) is 5.82 Å². The van der Waals surface area contributed by atoms with Crippen LogP contribution in [0.2, 0.25) is 0 Å². The average molecular weight is 533 g/mol. The van der Waals surface area contributed by atoms with Crippen LogP contribution in [0.15, 0.2) is 59.4 Å². The number of aromatic amines is 1. The van der Waals surface area contributed by atoms with Crippen molar-refractivity contribution in [3.63, 3.8) is 0 Å². The number of anilines is 1. The number of unbranched alkanes of at least 4 members (excludes halogenated alkanes) is 2. The number of fused-ring (bicyclic) bond motifs is 1. The number of aryl methyl sites for hydroxylation is 1. The number of aliphatic hydroxyl groups is 1. The van der Waals surface area contributed by atoms with Crippen molar-refractivity contribution in [2.45, 2.75) is 71.7 Å². The summed E-state index contributed by atoms with van der Waals surface area (Å²) >= 11 is 0. The van der Waals surface area contributed by atoms with Gasteiger partial charge < -0.3 is 24.5 Å². The van der Waals surface area contributed by atoms with E-state index in [2.05, 4.69) is 16.8 Å². The molecule has 0 aliphatic rings. The number of hydrogen-bond donors (Lipinski definition) is 2. The third-order valence-electron chi connectivity index (χ3n) is 6.75. The van der Waals surface area contributed by atoms with Gasteiger partial charge in [-0.1, -0.05) is 44.0 Å². The Hall–Kier alpha value is -3.78. The predicted molar refractivity (Wildman–Crippen MR) is 156 cm³/mol. The second kappa shape index (κ2) is 12.4. The molecule has 0 amide bonds. The van der Waals surface area contributed by atoms with Crippen molar-refractivity contribution in [1.29, 1.82) is 0 Å². The predicted octanol–water partition coefficient (Wildman–Crippen LogP) is 5.45. The van der Waals surface area contributed by atoms with Crippen molar-refractivity contribution in [1.82, 2.24) is 14.5 Å². The van der Waals surface area contributed by atoms with Gasteiger partial charge in [0.05, 0.1) is 31.9 Å². The molecule has 2 aromatic carbocycles. The van der Waals surface area contributed by atoms with Gasteiger partial charge in [-0.15, -0.1) is 0 Å². The Bertz CT molecular complexity index is 1370. The van der Waals surface area contributed by atoms with Gasteiger partial charge in [-0.2, -0.15) is 0 Å². The molecule has 0 saturated carbocycles. The third-order valence-corrected chi connectivity index (χ3v) is 6.75. The first kappa shape index (κ1) is 28.2. The van der Waals surface area contributed by atoms with E-state index in [0.29, 0.717) is 18.6 Å². The molecule has 4 rings (SSSR count). The van der Waals surface area contributed by atoms with Crippen LogP contribution in [0.4, 0.5) is 5.82 Å². The second-order valence-electron chi connectivity index (χ2n) is 10.7. The van der Waals surface area contributed by atoms with Gasteiger partial charge in [0, 0.05) is 18.8 Å². The van der Waals surface area contributed by atoms with E-state index in [1.807, 2.05) is 54.6 Å². The first-order valence-corrected chi connectivity index (χ1v) is 13.6. The molecule has 8 heteroatoms. The molecule has 0 fully saturated rings. The molecule has 2 aromatic heterocycles. The fourth-order valence-electron chi connectivity index (χ4n) is 4.75. The number of nitrogens with one attached hydrogen (secondary N) is 1. The summed E-state index contributed by atoms with van der Waals surface area (Å²) < 4.78 is 12.3. The van der Waals surface area contributed by atoms with E-state index in [4.69, 9.17) is 14.5 Å². The molecular weight excluding hydrogens is 492 g/mol. The molecule has 0 aliphatic carbocycles. The van der Waals surface area contributed by atoms with Crippen LogP contribution in [0.1, 0.15) is 56.9 Å². The summed E-state index contributed by atoms with van der Waals surface area (Å²) in [5.41, 5.74) is 3.25. The van der Waals surface area contributed by atoms with Crippen LogP contribution in [-0.4, -0.2) is 39.5 Å². The summed E-state index contributed by atoms with van der Waals surface area (Å²) in [5, 5.41) is 10.5. The van der Waals surface area contributed by atoms with Crippen LogP contribution in [-0.2, 0) is 26.1 Å². The molecule has 2 heterocycles. The zero-order valence-corrected chi connectivity index (χ0v) is 23.7. The lowest BCUT2D eigenvalue weighted by Crippen LogP contribution is -2.31. The maximum atomic E-state index is 13.1. The quantitative estimate of drug-likeness (QED) is 0.222. The lowest BCUT2D eigenvalue weighted by atomic mass is 10.1. The molecule has 4 aromatic rings. The number of rotatable bonds is 13. The SMILES string of the molecule is CCCCCc1cc2c([nH]c(=O)n2CC(C)(C)O)c(N(Cc2ccc(OC)cc2)Cc2ccc(OC)cc2)n1. The molecule has 8 nitrogen and oxygen atoms in total. The summed E-state index contributed by atoms with van der Waals surface area (Å²) in [5.74, 6) is 2.32. The van der Waals surface area contributed by atoms with E-state index in [-0.39, 0.29) is 12.2 Å². The van der Waals surface area contributed by atoms with Crippen LogP contribution in [0, 0.1) is 0 Å². The normalized spacial score (nSPS) is 11.6. The molecule has 0 unspecified atom stereocenters. The van der Waals surface area contributed by atoms with Gasteiger partial charge in [-0.25, -0.2) is 9.78 Å². The smallest absolute Gasteiger partial charge is 0.326 e. The molecule has 0 radical (unpaired) electrons. The number of hydrogen-bond acceptors (Lipinski definition) is 6. The Kier molecular flexibility index (Phi) is 8.97. The largest absolute Gasteiger partial charge is 0.497 e. The number of nitrogens with zero attached hydrogens (tertiary/aromatic N) is 3. The van der Waals surface area contributed by atoms with E-state index in [9.17, 15) is 9.90 Å². The lowest BCUT2D eigenvalue weighted by Gasteiger charge is -2.26. The number of benzene rings is 2. The van der Waals surface area contributed by atoms with E-state index < -0.39 is 5.60 Å². The Morgan fingerprint density at radius 3 is 2.00 bits per heavy atom. The van der Waals surface area contributed by atoms with Crippen LogP contribution in [0.5, 0.6) is 11.5 Å². The summed E-state index contributed by atoms with van der Waals surface area (Å²) in [6, 6.07) is 18.0. The summed E-state index contributed by atoms with van der Waals surface area (Å²) in [6.45, 7) is 6.94. The Morgan fingerprint density at radius 2 is 1.51 bits per heavy atom. The van der Waals surface area contributed by atoms with Gasteiger partial charge >= 0.3 is 5.69 Å². The molecule has 0 saturated heterocycles. The second-order valence-corrected chi connectivity index (χ2v) is 10.7. The van der Waals surface area contributed by atoms with Crippen molar-refractivity contribution in [2.75, 3.05) is 19.1 Å². The van der Waals surface area contributed by atoms with E-state index in [1.54, 1.807) is 32.6 Å². The fraction of sp³-hybridized carbons (Fsp3) is 0.419. The minimum atomic E-state index is -1.05. The molecule has 0 aliphatic heterocycles. The number of imidazole rings is 1. The molecule has 0 spiro atoms. The minimum Gasteiger partial charge on any atom is -0.497 e. The molecule has 0 atom stereocenters. The van der Waals surface area contributed by atoms with E-state index >= 15 is 0 Å². The van der Waals surface area contributed by atoms with Crippen molar-refractivity contribution < 1.29 is 14.6 Å². The highest BCUT2D eigenvalue weighted by Gasteiger charge is 2.23. The van der Waals surface area contributed by atoms with Gasteiger partial charge in [0.1, 0.15) is 17.0 Å². The van der Waals surface area contributed by atoms with E-state index in [1.165, 1.54) is 0 Å². The van der Waals surface area contributed by atoms with Gasteiger partial charge in [-0.3, -0.25) is 4.57 Å². The zero-order valence-electron chi connectivity index (χ0n) is 23.7. The minimum absolute atomic E-state index is 0.181. The Morgan fingerprint density at radius 1 is 0.949 bits per heavy atom. The maximum absolute atomic E-state index is 13.1. The Labute approximate surface area is 230 Å². The van der Waals surface area contributed by atoms with Gasteiger partial charge in [0.2, 0.25) is 0 Å².